The van der Waals surface area contributed by atoms with E-state index < -0.39 is 0 Å². The number of aliphatic imine (C=N–C) groups is 1. The average Bonchev–Trinajstić information content (AvgIpc) is 3.20. The topological polar surface area (TPSA) is 66.6 Å². The Morgan fingerprint density at radius 2 is 2.16 bits per heavy atom. The van der Waals surface area contributed by atoms with E-state index in [9.17, 15) is 0 Å². The molecule has 7 heteroatoms. The van der Waals surface area contributed by atoms with Gasteiger partial charge in [-0.2, -0.15) is 0 Å². The fourth-order valence-electron chi connectivity index (χ4n) is 2.73. The van der Waals surface area contributed by atoms with Crippen molar-refractivity contribution >= 4 is 22.9 Å². The van der Waals surface area contributed by atoms with Gasteiger partial charge in [-0.1, -0.05) is 6.07 Å². The Balaban J connectivity index is 1.49. The summed E-state index contributed by atoms with van der Waals surface area (Å²) in [5.74, 6) is 1.76. The molecule has 0 aliphatic rings. The number of fused-ring (bicyclic) bond motifs is 1. The number of thiophene rings is 1. The van der Waals surface area contributed by atoms with Gasteiger partial charge in [0.15, 0.2) is 11.6 Å². The molecular formula is C18H24N6S. The van der Waals surface area contributed by atoms with Crippen molar-refractivity contribution in [2.24, 2.45) is 4.99 Å². The lowest BCUT2D eigenvalue weighted by Gasteiger charge is -2.17. The van der Waals surface area contributed by atoms with Crippen molar-refractivity contribution in [2.75, 3.05) is 13.6 Å². The molecule has 0 saturated carbocycles. The van der Waals surface area contributed by atoms with E-state index in [2.05, 4.69) is 51.8 Å². The molecule has 6 nitrogen and oxygen atoms in total. The van der Waals surface area contributed by atoms with E-state index in [0.29, 0.717) is 6.04 Å². The van der Waals surface area contributed by atoms with Crippen LogP contribution in [0.5, 0.6) is 0 Å². The van der Waals surface area contributed by atoms with E-state index in [4.69, 9.17) is 0 Å². The lowest BCUT2D eigenvalue weighted by molar-refractivity contribution is 0.642. The molecule has 132 valence electrons. The summed E-state index contributed by atoms with van der Waals surface area (Å²) in [5.41, 5.74) is 0.875. The zero-order chi connectivity index (χ0) is 17.6. The third-order valence-electron chi connectivity index (χ3n) is 3.94. The van der Waals surface area contributed by atoms with Crippen molar-refractivity contribution in [1.82, 2.24) is 25.2 Å². The maximum atomic E-state index is 4.31. The summed E-state index contributed by atoms with van der Waals surface area (Å²) in [6.07, 6.45) is 3.77. The first-order valence-corrected chi connectivity index (χ1v) is 9.28. The molecule has 3 heterocycles. The Morgan fingerprint density at radius 1 is 1.28 bits per heavy atom. The number of nitrogens with zero attached hydrogens (tertiary/aromatic N) is 4. The molecule has 3 aromatic heterocycles. The molecule has 3 aromatic rings. The molecule has 1 unspecified atom stereocenters. The van der Waals surface area contributed by atoms with E-state index in [1.54, 1.807) is 7.05 Å². The molecule has 0 aliphatic carbocycles. The highest BCUT2D eigenvalue weighted by Gasteiger charge is 2.09. The molecule has 3 rings (SSSR count). The molecule has 0 amide bonds. The summed E-state index contributed by atoms with van der Waals surface area (Å²) >= 11 is 1.85. The summed E-state index contributed by atoms with van der Waals surface area (Å²) in [7, 11) is 1.80. The fourth-order valence-corrected chi connectivity index (χ4v) is 3.75. The van der Waals surface area contributed by atoms with Crippen LogP contribution < -0.4 is 10.6 Å². The fraction of sp³-hybridized carbons (Fsp3) is 0.389. The second-order valence-corrected chi connectivity index (χ2v) is 7.43. The zero-order valence-corrected chi connectivity index (χ0v) is 15.7. The Hall–Kier alpha value is -2.41. The average molecular weight is 356 g/mol. The van der Waals surface area contributed by atoms with Crippen LogP contribution in [-0.2, 0) is 12.8 Å². The van der Waals surface area contributed by atoms with Crippen LogP contribution in [0.4, 0.5) is 0 Å². The molecule has 0 saturated heterocycles. The number of guanidine groups is 1. The number of rotatable bonds is 6. The number of nitrogens with one attached hydrogen (secondary N) is 2. The Labute approximate surface area is 152 Å². The number of aromatic nitrogens is 3. The standard InChI is InChI=1S/C18H24N6S/c1-13(12-15-8-7-14(2)25-15)21-18(19-3)20-10-9-17-23-22-16-6-4-5-11-24(16)17/h4-8,11,13H,9-10,12H2,1-3H3,(H2,19,20,21). The van der Waals surface area contributed by atoms with Crippen molar-refractivity contribution in [3.63, 3.8) is 0 Å². The van der Waals surface area contributed by atoms with Gasteiger partial charge in [0.2, 0.25) is 0 Å². The largest absolute Gasteiger partial charge is 0.356 e. The van der Waals surface area contributed by atoms with E-state index in [1.807, 2.05) is 40.1 Å². The lowest BCUT2D eigenvalue weighted by atomic mass is 10.2. The molecule has 0 bridgehead atoms. The quantitative estimate of drug-likeness (QED) is 0.526. The molecule has 0 aliphatic heterocycles. The Bertz CT molecular complexity index is 850. The first-order chi connectivity index (χ1) is 12.2. The van der Waals surface area contributed by atoms with E-state index in [-0.39, 0.29) is 0 Å². The van der Waals surface area contributed by atoms with Crippen molar-refractivity contribution in [1.29, 1.82) is 0 Å². The van der Waals surface area contributed by atoms with Crippen LogP contribution in [0.25, 0.3) is 5.65 Å². The van der Waals surface area contributed by atoms with Gasteiger partial charge in [0.05, 0.1) is 0 Å². The molecule has 0 radical (unpaired) electrons. The molecule has 1 atom stereocenters. The van der Waals surface area contributed by atoms with Gasteiger partial charge < -0.3 is 10.6 Å². The number of aryl methyl sites for hydroxylation is 1. The minimum atomic E-state index is 0.318. The van der Waals surface area contributed by atoms with Crippen LogP contribution in [0.3, 0.4) is 0 Å². The maximum absolute atomic E-state index is 4.31. The van der Waals surface area contributed by atoms with Crippen LogP contribution in [0, 0.1) is 6.92 Å². The Morgan fingerprint density at radius 3 is 2.92 bits per heavy atom. The molecule has 0 aromatic carbocycles. The van der Waals surface area contributed by atoms with Crippen LogP contribution >= 0.6 is 11.3 Å². The monoisotopic (exact) mass is 356 g/mol. The summed E-state index contributed by atoms with van der Waals surface area (Å²) in [4.78, 5) is 7.05. The first-order valence-electron chi connectivity index (χ1n) is 8.47. The molecule has 0 fully saturated rings. The second kappa shape index (κ2) is 8.11. The van der Waals surface area contributed by atoms with Crippen LogP contribution in [0.1, 0.15) is 22.5 Å². The second-order valence-electron chi connectivity index (χ2n) is 6.06. The summed E-state index contributed by atoms with van der Waals surface area (Å²) < 4.78 is 2.01. The minimum absolute atomic E-state index is 0.318. The van der Waals surface area contributed by atoms with E-state index in [1.165, 1.54) is 9.75 Å². The van der Waals surface area contributed by atoms with Crippen molar-refractivity contribution in [3.05, 3.63) is 52.1 Å². The number of hydrogen-bond donors (Lipinski definition) is 2. The van der Waals surface area contributed by atoms with Crippen molar-refractivity contribution in [3.8, 4) is 0 Å². The van der Waals surface area contributed by atoms with Crippen molar-refractivity contribution < 1.29 is 0 Å². The predicted octanol–water partition coefficient (Wildman–Crippen LogP) is 2.44. The van der Waals surface area contributed by atoms with Gasteiger partial charge in [0.25, 0.3) is 0 Å². The third-order valence-corrected chi connectivity index (χ3v) is 4.96. The normalized spacial score (nSPS) is 13.2. The highest BCUT2D eigenvalue weighted by Crippen LogP contribution is 2.16. The van der Waals surface area contributed by atoms with Gasteiger partial charge in [0, 0.05) is 48.4 Å². The zero-order valence-electron chi connectivity index (χ0n) is 14.9. The third kappa shape index (κ3) is 4.57. The highest BCUT2D eigenvalue weighted by molar-refractivity contribution is 7.11. The van der Waals surface area contributed by atoms with Crippen molar-refractivity contribution in [2.45, 2.75) is 32.7 Å². The summed E-state index contributed by atoms with van der Waals surface area (Å²) in [5, 5.41) is 15.2. The van der Waals surface area contributed by atoms with Gasteiger partial charge in [-0.15, -0.1) is 21.5 Å². The van der Waals surface area contributed by atoms with Crippen LogP contribution in [-0.4, -0.2) is 40.2 Å². The summed E-state index contributed by atoms with van der Waals surface area (Å²) in [6, 6.07) is 10.6. The summed E-state index contributed by atoms with van der Waals surface area (Å²) in [6.45, 7) is 5.06. The van der Waals surface area contributed by atoms with Gasteiger partial charge in [-0.25, -0.2) is 0 Å². The molecule has 2 N–H and O–H groups in total. The SMILES string of the molecule is CN=C(NCCc1nnc2ccccn12)NC(C)Cc1ccc(C)s1. The molecule has 0 spiro atoms. The number of hydrogen-bond acceptors (Lipinski definition) is 4. The van der Waals surface area contributed by atoms with Gasteiger partial charge in [-0.3, -0.25) is 9.39 Å². The lowest BCUT2D eigenvalue weighted by Crippen LogP contribution is -2.43. The first kappa shape index (κ1) is 17.4. The van der Waals surface area contributed by atoms with Gasteiger partial charge in [-0.05, 0) is 38.1 Å². The molecule has 25 heavy (non-hydrogen) atoms. The highest BCUT2D eigenvalue weighted by atomic mass is 32.1. The smallest absolute Gasteiger partial charge is 0.191 e. The minimum Gasteiger partial charge on any atom is -0.356 e. The van der Waals surface area contributed by atoms with Crippen LogP contribution in [0.2, 0.25) is 0 Å². The van der Waals surface area contributed by atoms with Crippen LogP contribution in [0.15, 0.2) is 41.5 Å². The van der Waals surface area contributed by atoms with Gasteiger partial charge >= 0.3 is 0 Å². The molecular weight excluding hydrogens is 332 g/mol. The number of pyridine rings is 1. The predicted molar refractivity (Wildman–Crippen MR) is 103 cm³/mol. The van der Waals surface area contributed by atoms with E-state index in [0.717, 1.165) is 36.8 Å². The van der Waals surface area contributed by atoms with E-state index >= 15 is 0 Å². The van der Waals surface area contributed by atoms with Gasteiger partial charge in [0.1, 0.15) is 5.82 Å². The maximum Gasteiger partial charge on any atom is 0.191 e. The Kier molecular flexibility index (Phi) is 5.65.